The summed E-state index contributed by atoms with van der Waals surface area (Å²) in [6, 6.07) is 21.6. The minimum absolute atomic E-state index is 0.280. The molecule has 1 unspecified atom stereocenters. The Bertz CT molecular complexity index is 1170. The highest BCUT2D eigenvalue weighted by Crippen LogP contribution is 2.15. The fraction of sp³-hybridized carbons (Fsp3) is 0.120. The summed E-state index contributed by atoms with van der Waals surface area (Å²) in [5, 5.41) is 23.9. The first-order valence-electron chi connectivity index (χ1n) is 10.2. The quantitative estimate of drug-likeness (QED) is 0.142. The summed E-state index contributed by atoms with van der Waals surface area (Å²) in [6.45, 7) is 1.23. The first-order chi connectivity index (χ1) is 16.0. The van der Waals surface area contributed by atoms with Gasteiger partial charge in [0, 0.05) is 35.3 Å². The van der Waals surface area contributed by atoms with Crippen LogP contribution in [0.15, 0.2) is 72.8 Å². The molecule has 33 heavy (non-hydrogen) atoms. The van der Waals surface area contributed by atoms with E-state index >= 15 is 0 Å². The van der Waals surface area contributed by atoms with E-state index in [2.05, 4.69) is 22.5 Å². The Morgan fingerprint density at radius 2 is 1.48 bits per heavy atom. The van der Waals surface area contributed by atoms with Crippen LogP contribution >= 0.6 is 0 Å². The molecule has 168 valence electrons. The molecule has 0 aliphatic heterocycles. The van der Waals surface area contributed by atoms with E-state index in [0.29, 0.717) is 18.7 Å². The van der Waals surface area contributed by atoms with E-state index in [4.69, 9.17) is 10.9 Å². The lowest BCUT2D eigenvalue weighted by Crippen LogP contribution is -2.51. The van der Waals surface area contributed by atoms with Crippen molar-refractivity contribution in [3.05, 3.63) is 101 Å². The van der Waals surface area contributed by atoms with Gasteiger partial charge < -0.3 is 21.5 Å². The molecule has 0 aliphatic rings. The van der Waals surface area contributed by atoms with Gasteiger partial charge in [0.25, 0.3) is 11.8 Å². The average molecular weight is 444 g/mol. The molecule has 0 aromatic heterocycles. The normalized spacial score (nSPS) is 11.1. The molecule has 0 saturated heterocycles. The fourth-order valence-corrected chi connectivity index (χ4v) is 2.92. The molecule has 0 bridgehead atoms. The first-order valence-corrected chi connectivity index (χ1v) is 10.2. The second kappa shape index (κ2) is 11.5. The second-order valence-corrected chi connectivity index (χ2v) is 7.18. The number of amides is 2. The molecular formula is C25H24N4O4. The molecular weight excluding hydrogens is 420 g/mol. The van der Waals surface area contributed by atoms with E-state index < -0.39 is 18.0 Å². The van der Waals surface area contributed by atoms with E-state index in [1.165, 1.54) is 5.48 Å². The van der Waals surface area contributed by atoms with Crippen LogP contribution in [0.5, 0.6) is 5.75 Å². The maximum absolute atomic E-state index is 12.1. The summed E-state index contributed by atoms with van der Waals surface area (Å²) in [4.78, 5) is 23.2. The molecule has 2 amide bonds. The minimum Gasteiger partial charge on any atom is -0.508 e. The second-order valence-electron chi connectivity index (χ2n) is 7.18. The number of phenols is 1. The van der Waals surface area contributed by atoms with E-state index in [0.717, 1.165) is 22.3 Å². The highest BCUT2D eigenvalue weighted by molar-refractivity contribution is 5.97. The number of nitrogens with two attached hydrogens (primary N) is 1. The van der Waals surface area contributed by atoms with Gasteiger partial charge in [-0.2, -0.15) is 0 Å². The van der Waals surface area contributed by atoms with Crippen molar-refractivity contribution in [3.63, 3.8) is 0 Å². The topological polar surface area (TPSA) is 137 Å². The van der Waals surface area contributed by atoms with Crippen molar-refractivity contribution in [1.29, 1.82) is 0 Å². The van der Waals surface area contributed by atoms with Gasteiger partial charge in [-0.1, -0.05) is 42.2 Å². The maximum Gasteiger partial charge on any atom is 0.280 e. The summed E-state index contributed by atoms with van der Waals surface area (Å²) in [6.07, 6.45) is -1.36. The van der Waals surface area contributed by atoms with Crippen LogP contribution in [0.3, 0.4) is 0 Å². The number of carbonyl (C=O) groups is 2. The van der Waals surface area contributed by atoms with Crippen LogP contribution < -0.4 is 21.8 Å². The van der Waals surface area contributed by atoms with Crippen LogP contribution in [0.4, 0.5) is 0 Å². The molecule has 0 radical (unpaired) electrons. The van der Waals surface area contributed by atoms with Gasteiger partial charge in [0.2, 0.25) is 0 Å². The van der Waals surface area contributed by atoms with Crippen molar-refractivity contribution in [2.75, 3.05) is 0 Å². The standard InChI is InChI=1S/C25H24N4O4/c26-23(25(32)29-33)28-24(31)20-13-11-18(12-14-20)6-5-17-7-9-19(10-8-17)15-27-16-21-3-1-2-4-22(21)30/h1-4,7-14,23,27,30,33H,15-16,26H2,(H,28,31)(H,29,32). The fourth-order valence-electron chi connectivity index (χ4n) is 2.92. The molecule has 0 saturated carbocycles. The van der Waals surface area contributed by atoms with Crippen molar-refractivity contribution in [3.8, 4) is 17.6 Å². The molecule has 3 aromatic rings. The number of rotatable bonds is 7. The number of carbonyl (C=O) groups excluding carboxylic acids is 2. The van der Waals surface area contributed by atoms with Crippen LogP contribution in [0.1, 0.15) is 32.6 Å². The predicted molar refractivity (Wildman–Crippen MR) is 123 cm³/mol. The van der Waals surface area contributed by atoms with Gasteiger partial charge in [0.1, 0.15) is 5.75 Å². The lowest BCUT2D eigenvalue weighted by molar-refractivity contribution is -0.131. The number of phenolic OH excluding ortho intramolecular Hbond substituents is 1. The summed E-state index contributed by atoms with van der Waals surface area (Å²) in [5.74, 6) is 4.94. The Morgan fingerprint density at radius 3 is 2.09 bits per heavy atom. The van der Waals surface area contributed by atoms with E-state index in [1.807, 2.05) is 36.4 Å². The molecule has 0 spiro atoms. The number of hydrogen-bond donors (Lipinski definition) is 6. The van der Waals surface area contributed by atoms with E-state index in [9.17, 15) is 14.7 Å². The number of benzene rings is 3. The van der Waals surface area contributed by atoms with Gasteiger partial charge >= 0.3 is 0 Å². The smallest absolute Gasteiger partial charge is 0.280 e. The Kier molecular flexibility index (Phi) is 8.16. The van der Waals surface area contributed by atoms with Crippen LogP contribution in [0, 0.1) is 11.8 Å². The Balaban J connectivity index is 1.53. The van der Waals surface area contributed by atoms with Gasteiger partial charge in [-0.05, 0) is 48.0 Å². The molecule has 8 nitrogen and oxygen atoms in total. The molecule has 1 atom stereocenters. The van der Waals surface area contributed by atoms with Crippen molar-refractivity contribution in [2.45, 2.75) is 19.3 Å². The van der Waals surface area contributed by atoms with Crippen molar-refractivity contribution < 1.29 is 19.9 Å². The van der Waals surface area contributed by atoms with Crippen LogP contribution in [-0.4, -0.2) is 28.3 Å². The lowest BCUT2D eigenvalue weighted by Gasteiger charge is -2.11. The largest absolute Gasteiger partial charge is 0.508 e. The maximum atomic E-state index is 12.1. The average Bonchev–Trinajstić information content (AvgIpc) is 2.84. The third kappa shape index (κ3) is 6.92. The summed E-state index contributed by atoms with van der Waals surface area (Å²) < 4.78 is 0. The summed E-state index contributed by atoms with van der Waals surface area (Å²) in [7, 11) is 0. The Morgan fingerprint density at radius 1 is 0.879 bits per heavy atom. The molecule has 0 fully saturated rings. The monoisotopic (exact) mass is 444 g/mol. The molecule has 3 rings (SSSR count). The third-order valence-electron chi connectivity index (χ3n) is 4.77. The zero-order valence-electron chi connectivity index (χ0n) is 17.7. The van der Waals surface area contributed by atoms with E-state index in [-0.39, 0.29) is 5.75 Å². The number of aromatic hydroxyl groups is 1. The van der Waals surface area contributed by atoms with Crippen molar-refractivity contribution >= 4 is 11.8 Å². The van der Waals surface area contributed by atoms with Gasteiger partial charge in [-0.15, -0.1) is 0 Å². The Hall–Kier alpha value is -4.16. The number of hydrogen-bond acceptors (Lipinski definition) is 6. The van der Waals surface area contributed by atoms with Gasteiger partial charge in [-0.25, -0.2) is 5.48 Å². The zero-order valence-corrected chi connectivity index (χ0v) is 17.7. The van der Waals surface area contributed by atoms with Gasteiger partial charge in [0.15, 0.2) is 6.17 Å². The summed E-state index contributed by atoms with van der Waals surface area (Å²) in [5.41, 5.74) is 10.6. The van der Waals surface area contributed by atoms with Crippen molar-refractivity contribution in [2.24, 2.45) is 5.73 Å². The predicted octanol–water partition coefficient (Wildman–Crippen LogP) is 1.60. The number of hydroxylamine groups is 1. The zero-order chi connectivity index (χ0) is 23.6. The molecule has 8 heteroatoms. The van der Waals surface area contributed by atoms with Crippen LogP contribution in [0.25, 0.3) is 0 Å². The molecule has 7 N–H and O–H groups in total. The molecule has 0 heterocycles. The van der Waals surface area contributed by atoms with Crippen molar-refractivity contribution in [1.82, 2.24) is 16.1 Å². The van der Waals surface area contributed by atoms with Crippen LogP contribution in [0.2, 0.25) is 0 Å². The molecule has 0 aliphatic carbocycles. The van der Waals surface area contributed by atoms with Crippen LogP contribution in [-0.2, 0) is 17.9 Å². The summed E-state index contributed by atoms with van der Waals surface area (Å²) >= 11 is 0. The highest BCUT2D eigenvalue weighted by Gasteiger charge is 2.16. The number of para-hydroxylation sites is 1. The van der Waals surface area contributed by atoms with Gasteiger partial charge in [-0.3, -0.25) is 14.8 Å². The molecule has 3 aromatic carbocycles. The third-order valence-corrected chi connectivity index (χ3v) is 4.77. The SMILES string of the molecule is NC(NC(=O)c1ccc(C#Cc2ccc(CNCc3ccccc3O)cc2)cc1)C(=O)NO. The highest BCUT2D eigenvalue weighted by atomic mass is 16.5. The van der Waals surface area contributed by atoms with Gasteiger partial charge in [0.05, 0.1) is 0 Å². The lowest BCUT2D eigenvalue weighted by atomic mass is 10.1. The van der Waals surface area contributed by atoms with E-state index in [1.54, 1.807) is 36.4 Å². The minimum atomic E-state index is -1.36. The first kappa shape index (κ1) is 23.5. The Labute approximate surface area is 191 Å². The number of nitrogens with one attached hydrogen (secondary N) is 3.